The van der Waals surface area contributed by atoms with Gasteiger partial charge in [-0.05, 0) is 12.1 Å². The molecule has 22 heavy (non-hydrogen) atoms. The third kappa shape index (κ3) is 2.94. The molecule has 3 aromatic heterocycles. The highest BCUT2D eigenvalue weighted by molar-refractivity contribution is 7.12. The Labute approximate surface area is 131 Å². The summed E-state index contributed by atoms with van der Waals surface area (Å²) in [6.45, 7) is 6.08. The van der Waals surface area contributed by atoms with E-state index in [-0.39, 0.29) is 11.3 Å². The molecule has 0 radical (unpaired) electrons. The summed E-state index contributed by atoms with van der Waals surface area (Å²) in [7, 11) is 0. The number of nitrogens with one attached hydrogen (secondary N) is 1. The van der Waals surface area contributed by atoms with Crippen molar-refractivity contribution >= 4 is 23.1 Å². The van der Waals surface area contributed by atoms with Gasteiger partial charge in [-0.3, -0.25) is 10.1 Å². The van der Waals surface area contributed by atoms with Crippen LogP contribution in [0, 0.1) is 0 Å². The van der Waals surface area contributed by atoms with E-state index in [4.69, 9.17) is 4.52 Å². The first kappa shape index (κ1) is 14.5. The van der Waals surface area contributed by atoms with Crippen molar-refractivity contribution in [3.63, 3.8) is 0 Å². The lowest BCUT2D eigenvalue weighted by Gasteiger charge is -2.12. The summed E-state index contributed by atoms with van der Waals surface area (Å²) in [6.07, 6.45) is 3.76. The molecule has 0 aromatic carbocycles. The highest BCUT2D eigenvalue weighted by atomic mass is 32.1. The number of rotatable bonds is 3. The summed E-state index contributed by atoms with van der Waals surface area (Å²) in [5, 5.41) is 9.10. The minimum Gasteiger partial charge on any atom is -0.338 e. The van der Waals surface area contributed by atoms with Crippen LogP contribution >= 0.6 is 11.3 Å². The first-order valence-electron chi connectivity index (χ1n) is 6.81. The number of hydrogen-bond acceptors (Lipinski definition) is 5. The zero-order valence-corrected chi connectivity index (χ0v) is 13.3. The highest BCUT2D eigenvalue weighted by Gasteiger charge is 2.20. The summed E-state index contributed by atoms with van der Waals surface area (Å²) in [5.41, 5.74) is 1.01. The van der Waals surface area contributed by atoms with Crippen LogP contribution in [0.15, 0.2) is 40.5 Å². The lowest BCUT2D eigenvalue weighted by Crippen LogP contribution is -2.13. The Balaban J connectivity index is 1.74. The Bertz CT molecular complexity index is 781. The topological polar surface area (TPSA) is 73.0 Å². The molecule has 3 aromatic rings. The summed E-state index contributed by atoms with van der Waals surface area (Å²) in [4.78, 5) is 16.5. The van der Waals surface area contributed by atoms with Gasteiger partial charge in [-0.1, -0.05) is 25.9 Å². The van der Waals surface area contributed by atoms with E-state index >= 15 is 0 Å². The fraction of sp³-hybridized carbons (Fsp3) is 0.267. The number of nitrogens with zero attached hydrogens (tertiary/aromatic N) is 3. The second-order valence-electron chi connectivity index (χ2n) is 5.89. The quantitative estimate of drug-likeness (QED) is 0.803. The van der Waals surface area contributed by atoms with Crippen LogP contribution in [0.3, 0.4) is 0 Å². The van der Waals surface area contributed by atoms with Gasteiger partial charge in [0.25, 0.3) is 5.91 Å². The smallest absolute Gasteiger partial charge is 0.277 e. The van der Waals surface area contributed by atoms with Crippen LogP contribution in [0.1, 0.15) is 37.0 Å². The maximum atomic E-state index is 12.2. The summed E-state index contributed by atoms with van der Waals surface area (Å²) in [5.74, 6) is 0.0108. The monoisotopic (exact) mass is 316 g/mol. The van der Waals surface area contributed by atoms with Crippen LogP contribution in [-0.4, -0.2) is 20.6 Å². The van der Waals surface area contributed by atoms with Crippen LogP contribution in [-0.2, 0) is 5.41 Å². The Morgan fingerprint density at radius 2 is 2.05 bits per heavy atom. The first-order chi connectivity index (χ1) is 10.4. The molecule has 0 spiro atoms. The number of amides is 1. The Hall–Kier alpha value is -2.41. The average molecular weight is 316 g/mol. The molecule has 3 heterocycles. The molecule has 0 aliphatic carbocycles. The lowest BCUT2D eigenvalue weighted by atomic mass is 9.92. The first-order valence-corrected chi connectivity index (χ1v) is 7.69. The molecule has 0 atom stereocenters. The van der Waals surface area contributed by atoms with E-state index in [0.717, 1.165) is 10.8 Å². The fourth-order valence-electron chi connectivity index (χ4n) is 1.81. The second-order valence-corrected chi connectivity index (χ2v) is 6.72. The average Bonchev–Trinajstić information content (AvgIpc) is 3.18. The standard InChI is InChI=1S/C15H16N4O2S/c1-15(2,3)11-8-12(21-18-11)17-13(20)10-9-22-14(16-10)19-6-4-5-7-19/h4-9H,1-3H3,(H,17,20). The lowest BCUT2D eigenvalue weighted by molar-refractivity contribution is 0.101. The van der Waals surface area contributed by atoms with Gasteiger partial charge in [0.1, 0.15) is 5.69 Å². The summed E-state index contributed by atoms with van der Waals surface area (Å²) < 4.78 is 7.01. The maximum absolute atomic E-state index is 12.2. The van der Waals surface area contributed by atoms with E-state index in [9.17, 15) is 4.79 Å². The van der Waals surface area contributed by atoms with Gasteiger partial charge < -0.3 is 9.09 Å². The van der Waals surface area contributed by atoms with Crippen molar-refractivity contribution < 1.29 is 9.32 Å². The molecule has 0 saturated carbocycles. The van der Waals surface area contributed by atoms with Gasteiger partial charge in [0.2, 0.25) is 5.88 Å². The molecule has 0 bridgehead atoms. The van der Waals surface area contributed by atoms with Crippen LogP contribution < -0.4 is 5.32 Å². The third-order valence-electron chi connectivity index (χ3n) is 3.07. The molecular formula is C15H16N4O2S. The second kappa shape index (κ2) is 5.42. The fourth-order valence-corrected chi connectivity index (χ4v) is 2.58. The van der Waals surface area contributed by atoms with Crippen molar-refractivity contribution in [1.82, 2.24) is 14.7 Å². The molecule has 114 valence electrons. The molecule has 6 nitrogen and oxygen atoms in total. The van der Waals surface area contributed by atoms with Crippen molar-refractivity contribution in [2.24, 2.45) is 0 Å². The normalized spacial score (nSPS) is 11.6. The predicted molar refractivity (Wildman–Crippen MR) is 84.6 cm³/mol. The van der Waals surface area contributed by atoms with Crippen molar-refractivity contribution in [2.45, 2.75) is 26.2 Å². The molecule has 7 heteroatoms. The Morgan fingerprint density at radius 1 is 1.32 bits per heavy atom. The number of carbonyl (C=O) groups is 1. The largest absolute Gasteiger partial charge is 0.338 e. The molecule has 0 aliphatic rings. The van der Waals surface area contributed by atoms with Gasteiger partial charge in [-0.15, -0.1) is 11.3 Å². The zero-order chi connectivity index (χ0) is 15.7. The van der Waals surface area contributed by atoms with Crippen molar-refractivity contribution in [3.05, 3.63) is 47.4 Å². The number of carbonyl (C=O) groups excluding carboxylic acids is 1. The molecule has 1 amide bonds. The molecular weight excluding hydrogens is 300 g/mol. The number of hydrogen-bond donors (Lipinski definition) is 1. The molecule has 3 rings (SSSR count). The van der Waals surface area contributed by atoms with E-state index in [2.05, 4.69) is 15.5 Å². The van der Waals surface area contributed by atoms with Gasteiger partial charge >= 0.3 is 0 Å². The zero-order valence-electron chi connectivity index (χ0n) is 12.5. The van der Waals surface area contributed by atoms with E-state index in [0.29, 0.717) is 11.6 Å². The van der Waals surface area contributed by atoms with Gasteiger partial charge in [0.05, 0.1) is 5.69 Å². The number of thiazole rings is 1. The molecule has 0 saturated heterocycles. The van der Waals surface area contributed by atoms with E-state index in [1.165, 1.54) is 11.3 Å². The van der Waals surface area contributed by atoms with Gasteiger partial charge in [0, 0.05) is 29.3 Å². The van der Waals surface area contributed by atoms with Crippen molar-refractivity contribution in [1.29, 1.82) is 0 Å². The number of aromatic nitrogens is 3. The van der Waals surface area contributed by atoms with Crippen LogP contribution in [0.4, 0.5) is 5.88 Å². The third-order valence-corrected chi connectivity index (χ3v) is 3.92. The van der Waals surface area contributed by atoms with E-state index in [1.807, 2.05) is 49.9 Å². The summed E-state index contributed by atoms with van der Waals surface area (Å²) in [6, 6.07) is 5.55. The SMILES string of the molecule is CC(C)(C)c1cc(NC(=O)c2csc(-n3cccc3)n2)on1. The molecule has 1 N–H and O–H groups in total. The van der Waals surface area contributed by atoms with Crippen molar-refractivity contribution in [3.8, 4) is 5.13 Å². The Morgan fingerprint density at radius 3 is 2.68 bits per heavy atom. The Kier molecular flexibility index (Phi) is 3.58. The number of anilines is 1. The summed E-state index contributed by atoms with van der Waals surface area (Å²) >= 11 is 1.40. The highest BCUT2D eigenvalue weighted by Crippen LogP contribution is 2.24. The minimum atomic E-state index is -0.314. The molecule has 0 fully saturated rings. The molecule has 0 aliphatic heterocycles. The minimum absolute atomic E-state index is 0.130. The molecule has 0 unspecified atom stereocenters. The van der Waals surface area contributed by atoms with Gasteiger partial charge in [-0.2, -0.15) is 0 Å². The van der Waals surface area contributed by atoms with Crippen LogP contribution in [0.5, 0.6) is 0 Å². The van der Waals surface area contributed by atoms with Gasteiger partial charge in [0.15, 0.2) is 5.13 Å². The van der Waals surface area contributed by atoms with E-state index in [1.54, 1.807) is 11.4 Å². The van der Waals surface area contributed by atoms with Gasteiger partial charge in [-0.25, -0.2) is 4.98 Å². The van der Waals surface area contributed by atoms with Crippen LogP contribution in [0.2, 0.25) is 0 Å². The van der Waals surface area contributed by atoms with E-state index < -0.39 is 0 Å². The van der Waals surface area contributed by atoms with Crippen LogP contribution in [0.25, 0.3) is 5.13 Å². The van der Waals surface area contributed by atoms with Crippen molar-refractivity contribution in [2.75, 3.05) is 5.32 Å². The predicted octanol–water partition coefficient (Wildman–Crippen LogP) is 3.47. The maximum Gasteiger partial charge on any atom is 0.277 e.